The van der Waals surface area contributed by atoms with Crippen molar-refractivity contribution in [1.82, 2.24) is 10.2 Å². The molecule has 1 rings (SSSR count). The number of nitrogens with one attached hydrogen (secondary N) is 1. The Labute approximate surface area is 84.4 Å². The van der Waals surface area contributed by atoms with Gasteiger partial charge in [0.25, 0.3) is 0 Å². The van der Waals surface area contributed by atoms with Gasteiger partial charge in [-0.3, -0.25) is 9.79 Å². The highest BCUT2D eigenvalue weighted by Crippen LogP contribution is 2.15. The number of guanidine groups is 1. The average molecular weight is 198 g/mol. The molecule has 1 aliphatic rings. The summed E-state index contributed by atoms with van der Waals surface area (Å²) in [6, 6.07) is 0. The summed E-state index contributed by atoms with van der Waals surface area (Å²) in [5.74, 6) is 0.672. The number of amides is 1. The molecular weight excluding hydrogens is 180 g/mol. The van der Waals surface area contributed by atoms with Crippen LogP contribution in [0.4, 0.5) is 0 Å². The lowest BCUT2D eigenvalue weighted by atomic mass is 9.97. The normalized spacial score (nSPS) is 23.4. The van der Waals surface area contributed by atoms with Gasteiger partial charge in [-0.2, -0.15) is 0 Å². The van der Waals surface area contributed by atoms with Crippen molar-refractivity contribution in [3.63, 3.8) is 0 Å². The van der Waals surface area contributed by atoms with Crippen molar-refractivity contribution in [1.29, 1.82) is 0 Å². The fourth-order valence-electron chi connectivity index (χ4n) is 1.74. The van der Waals surface area contributed by atoms with Crippen molar-refractivity contribution < 1.29 is 4.79 Å². The minimum atomic E-state index is 0.0500. The van der Waals surface area contributed by atoms with Crippen LogP contribution in [0.25, 0.3) is 0 Å². The molecule has 0 saturated carbocycles. The van der Waals surface area contributed by atoms with Crippen molar-refractivity contribution >= 4 is 11.9 Å². The molecular formula is C9H18N4O. The molecule has 0 bridgehead atoms. The second kappa shape index (κ2) is 4.83. The van der Waals surface area contributed by atoms with E-state index in [9.17, 15) is 4.79 Å². The molecule has 1 fully saturated rings. The number of carbonyl (C=O) groups is 1. The molecule has 1 atom stereocenters. The van der Waals surface area contributed by atoms with Crippen LogP contribution in [-0.4, -0.2) is 44.0 Å². The van der Waals surface area contributed by atoms with Gasteiger partial charge in [0.1, 0.15) is 0 Å². The number of hydrogen-bond donors (Lipinski definition) is 2. The Bertz CT molecular complexity index is 239. The lowest BCUT2D eigenvalue weighted by Crippen LogP contribution is -2.47. The standard InChI is InChI=1S/C9H18N4O/c1-11-8(14)7-4-3-5-13(6-7)9(10)12-2/h7H,3-6H2,1-2H3,(H2,10,12)(H,11,14). The van der Waals surface area contributed by atoms with Gasteiger partial charge >= 0.3 is 0 Å². The molecule has 1 amide bonds. The Morgan fingerprint density at radius 2 is 2.36 bits per heavy atom. The first-order valence-electron chi connectivity index (χ1n) is 4.87. The zero-order valence-electron chi connectivity index (χ0n) is 8.79. The summed E-state index contributed by atoms with van der Waals surface area (Å²) >= 11 is 0. The SMILES string of the molecule is CN=C(N)N1CCCC(C(=O)NC)C1. The van der Waals surface area contributed by atoms with E-state index in [2.05, 4.69) is 10.3 Å². The van der Waals surface area contributed by atoms with Gasteiger partial charge in [-0.25, -0.2) is 0 Å². The van der Waals surface area contributed by atoms with Gasteiger partial charge in [-0.1, -0.05) is 0 Å². The van der Waals surface area contributed by atoms with Crippen LogP contribution in [0.3, 0.4) is 0 Å². The number of hydrogen-bond acceptors (Lipinski definition) is 2. The van der Waals surface area contributed by atoms with Crippen LogP contribution < -0.4 is 11.1 Å². The fraction of sp³-hybridized carbons (Fsp3) is 0.778. The first kappa shape index (κ1) is 10.8. The molecule has 0 aromatic rings. The Morgan fingerprint density at radius 1 is 1.64 bits per heavy atom. The van der Waals surface area contributed by atoms with Crippen LogP contribution in [0.15, 0.2) is 4.99 Å². The third-order valence-corrected chi connectivity index (χ3v) is 2.59. The minimum Gasteiger partial charge on any atom is -0.370 e. The van der Waals surface area contributed by atoms with Crippen LogP contribution in [0.2, 0.25) is 0 Å². The number of carbonyl (C=O) groups excluding carboxylic acids is 1. The lowest BCUT2D eigenvalue weighted by molar-refractivity contribution is -0.125. The summed E-state index contributed by atoms with van der Waals surface area (Å²) < 4.78 is 0. The van der Waals surface area contributed by atoms with Crippen molar-refractivity contribution in [2.75, 3.05) is 27.2 Å². The van der Waals surface area contributed by atoms with Crippen molar-refractivity contribution in [3.05, 3.63) is 0 Å². The molecule has 1 saturated heterocycles. The molecule has 0 aliphatic carbocycles. The second-order valence-electron chi connectivity index (χ2n) is 3.48. The van der Waals surface area contributed by atoms with E-state index in [1.54, 1.807) is 14.1 Å². The van der Waals surface area contributed by atoms with Gasteiger partial charge in [0, 0.05) is 27.2 Å². The maximum atomic E-state index is 11.4. The molecule has 0 aromatic heterocycles. The third kappa shape index (κ3) is 2.37. The number of aliphatic imine (C=N–C) groups is 1. The highest BCUT2D eigenvalue weighted by molar-refractivity contribution is 5.81. The molecule has 5 heteroatoms. The number of nitrogens with two attached hydrogens (primary N) is 1. The van der Waals surface area contributed by atoms with Gasteiger partial charge in [0.15, 0.2) is 5.96 Å². The smallest absolute Gasteiger partial charge is 0.224 e. The number of nitrogens with zero attached hydrogens (tertiary/aromatic N) is 2. The summed E-state index contributed by atoms with van der Waals surface area (Å²) in [4.78, 5) is 17.3. The third-order valence-electron chi connectivity index (χ3n) is 2.59. The summed E-state index contributed by atoms with van der Waals surface area (Å²) in [6.45, 7) is 1.58. The molecule has 1 unspecified atom stereocenters. The van der Waals surface area contributed by atoms with Crippen molar-refractivity contribution in [2.45, 2.75) is 12.8 Å². The largest absolute Gasteiger partial charge is 0.370 e. The number of rotatable bonds is 1. The van der Waals surface area contributed by atoms with E-state index < -0.39 is 0 Å². The van der Waals surface area contributed by atoms with Crippen LogP contribution in [0, 0.1) is 5.92 Å². The van der Waals surface area contributed by atoms with E-state index in [1.807, 2.05) is 4.90 Å². The summed E-state index contributed by atoms with van der Waals surface area (Å²) in [7, 11) is 3.33. The lowest BCUT2D eigenvalue weighted by Gasteiger charge is -2.32. The molecule has 0 radical (unpaired) electrons. The zero-order chi connectivity index (χ0) is 10.6. The quantitative estimate of drug-likeness (QED) is 0.436. The Hall–Kier alpha value is -1.26. The number of likely N-dealkylation sites (tertiary alicyclic amines) is 1. The summed E-state index contributed by atoms with van der Waals surface area (Å²) in [5, 5.41) is 2.67. The van der Waals surface area contributed by atoms with Crippen molar-refractivity contribution in [3.8, 4) is 0 Å². The predicted octanol–water partition coefficient (Wildman–Crippen LogP) is -0.611. The summed E-state index contributed by atoms with van der Waals surface area (Å²) in [6.07, 6.45) is 1.93. The molecule has 5 nitrogen and oxygen atoms in total. The van der Waals surface area contributed by atoms with E-state index >= 15 is 0 Å². The van der Waals surface area contributed by atoms with Gasteiger partial charge < -0.3 is 16.0 Å². The molecule has 14 heavy (non-hydrogen) atoms. The molecule has 0 aromatic carbocycles. The van der Waals surface area contributed by atoms with Crippen molar-refractivity contribution in [2.24, 2.45) is 16.6 Å². The molecule has 1 heterocycles. The predicted molar refractivity (Wildman–Crippen MR) is 55.9 cm³/mol. The van der Waals surface area contributed by atoms with E-state index in [0.717, 1.165) is 19.4 Å². The minimum absolute atomic E-state index is 0.0500. The van der Waals surface area contributed by atoms with E-state index in [4.69, 9.17) is 5.73 Å². The number of piperidine rings is 1. The zero-order valence-corrected chi connectivity index (χ0v) is 8.79. The van der Waals surface area contributed by atoms with Gasteiger partial charge in [0.05, 0.1) is 5.92 Å². The maximum Gasteiger partial charge on any atom is 0.224 e. The second-order valence-corrected chi connectivity index (χ2v) is 3.48. The highest BCUT2D eigenvalue weighted by atomic mass is 16.1. The fourth-order valence-corrected chi connectivity index (χ4v) is 1.74. The maximum absolute atomic E-state index is 11.4. The first-order chi connectivity index (χ1) is 6.69. The van der Waals surface area contributed by atoms with Crippen LogP contribution in [-0.2, 0) is 4.79 Å². The van der Waals surface area contributed by atoms with Gasteiger partial charge in [-0.15, -0.1) is 0 Å². The first-order valence-corrected chi connectivity index (χ1v) is 4.87. The van der Waals surface area contributed by atoms with Crippen LogP contribution in [0.5, 0.6) is 0 Å². The van der Waals surface area contributed by atoms with E-state index in [1.165, 1.54) is 0 Å². The van der Waals surface area contributed by atoms with Crippen LogP contribution >= 0.6 is 0 Å². The molecule has 1 aliphatic heterocycles. The molecule has 0 spiro atoms. The topological polar surface area (TPSA) is 70.7 Å². The van der Waals surface area contributed by atoms with E-state index in [-0.39, 0.29) is 11.8 Å². The van der Waals surface area contributed by atoms with Crippen LogP contribution in [0.1, 0.15) is 12.8 Å². The average Bonchev–Trinajstić information content (AvgIpc) is 2.27. The monoisotopic (exact) mass is 198 g/mol. The molecule has 3 N–H and O–H groups in total. The van der Waals surface area contributed by atoms with Gasteiger partial charge in [0.2, 0.25) is 5.91 Å². The Morgan fingerprint density at radius 3 is 2.93 bits per heavy atom. The Balaban J connectivity index is 2.56. The van der Waals surface area contributed by atoms with Gasteiger partial charge in [-0.05, 0) is 12.8 Å². The highest BCUT2D eigenvalue weighted by Gasteiger charge is 2.25. The summed E-state index contributed by atoms with van der Waals surface area (Å²) in [5.41, 5.74) is 5.70. The Kier molecular flexibility index (Phi) is 3.73. The van der Waals surface area contributed by atoms with E-state index in [0.29, 0.717) is 12.5 Å². The molecule has 80 valence electrons.